The predicted octanol–water partition coefficient (Wildman–Crippen LogP) is 9.82. The van der Waals surface area contributed by atoms with Gasteiger partial charge in [-0.3, -0.25) is 0 Å². The van der Waals surface area contributed by atoms with Gasteiger partial charge in [-0.15, -0.1) is 11.3 Å². The lowest BCUT2D eigenvalue weighted by atomic mass is 9.92. The second-order valence-corrected chi connectivity index (χ2v) is 9.18. The van der Waals surface area contributed by atoms with Crippen LogP contribution in [0.2, 0.25) is 0 Å². The van der Waals surface area contributed by atoms with Crippen LogP contribution in [0.15, 0.2) is 109 Å². The molecule has 7 aromatic rings. The summed E-state index contributed by atoms with van der Waals surface area (Å²) in [6, 6.07) is 40.0. The van der Waals surface area contributed by atoms with Crippen LogP contribution < -0.4 is 0 Å². The summed E-state index contributed by atoms with van der Waals surface area (Å²) in [5.41, 5.74) is 2.60. The summed E-state index contributed by atoms with van der Waals surface area (Å²) in [4.78, 5) is 0. The minimum atomic E-state index is 0. The first-order chi connectivity index (χ1) is 15.4. The quantitative estimate of drug-likeness (QED) is 0.229. The molecule has 0 fully saturated rings. The standard InChI is InChI=1S/C30H18S.CH4/c1-2-10-23-21(8-1)22-9-3-4-11-24(22)28-18-19(16-17-25(23)28)20-13-7-14-27-26-12-5-6-15-29(26)31-30(20)27;/h1-18H;1H4. The zero-order chi connectivity index (χ0) is 20.4. The van der Waals surface area contributed by atoms with Gasteiger partial charge in [0.15, 0.2) is 0 Å². The van der Waals surface area contributed by atoms with E-state index in [0.717, 1.165) is 0 Å². The van der Waals surface area contributed by atoms with Crippen molar-refractivity contribution in [1.29, 1.82) is 0 Å². The lowest BCUT2D eigenvalue weighted by Crippen LogP contribution is -1.85. The Morgan fingerprint density at radius 1 is 0.406 bits per heavy atom. The van der Waals surface area contributed by atoms with Gasteiger partial charge in [0.1, 0.15) is 0 Å². The van der Waals surface area contributed by atoms with Gasteiger partial charge in [0.25, 0.3) is 0 Å². The SMILES string of the molecule is C.c1ccc2c(c1)sc1c(-c3ccc4c5ccccc5c5ccccc5c4c3)cccc12. The van der Waals surface area contributed by atoms with Crippen molar-refractivity contribution in [3.05, 3.63) is 109 Å². The van der Waals surface area contributed by atoms with E-state index in [2.05, 4.69) is 109 Å². The molecule has 0 aliphatic carbocycles. The highest BCUT2D eigenvalue weighted by Crippen LogP contribution is 2.42. The molecule has 1 heteroatoms. The summed E-state index contributed by atoms with van der Waals surface area (Å²) in [5, 5.41) is 10.6. The van der Waals surface area contributed by atoms with Crippen molar-refractivity contribution in [1.82, 2.24) is 0 Å². The van der Waals surface area contributed by atoms with Gasteiger partial charge in [-0.1, -0.05) is 104 Å². The monoisotopic (exact) mass is 426 g/mol. The van der Waals surface area contributed by atoms with Crippen LogP contribution in [0.5, 0.6) is 0 Å². The molecular formula is C31H22S. The molecule has 1 heterocycles. The van der Waals surface area contributed by atoms with E-state index in [1.165, 1.54) is 63.6 Å². The van der Waals surface area contributed by atoms with Gasteiger partial charge in [-0.05, 0) is 55.6 Å². The molecule has 0 saturated heterocycles. The van der Waals surface area contributed by atoms with Crippen LogP contribution in [0.25, 0.3) is 63.6 Å². The Kier molecular flexibility index (Phi) is 4.28. The molecule has 0 aliphatic rings. The van der Waals surface area contributed by atoms with Crippen LogP contribution in [0.3, 0.4) is 0 Å². The third-order valence-electron chi connectivity index (χ3n) is 6.46. The average Bonchev–Trinajstić information content (AvgIpc) is 3.23. The summed E-state index contributed by atoms with van der Waals surface area (Å²) in [6.07, 6.45) is 0. The van der Waals surface area contributed by atoms with Crippen LogP contribution in [0.4, 0.5) is 0 Å². The Morgan fingerprint density at radius 3 is 1.62 bits per heavy atom. The zero-order valence-electron chi connectivity index (χ0n) is 16.8. The Morgan fingerprint density at radius 2 is 0.938 bits per heavy atom. The molecule has 0 aliphatic heterocycles. The Balaban J connectivity index is 0.00000196. The average molecular weight is 427 g/mol. The fourth-order valence-electron chi connectivity index (χ4n) is 5.05. The molecule has 7 rings (SSSR count). The molecule has 0 nitrogen and oxygen atoms in total. The van der Waals surface area contributed by atoms with Crippen molar-refractivity contribution in [2.45, 2.75) is 7.43 Å². The Hall–Kier alpha value is -3.68. The van der Waals surface area contributed by atoms with Crippen molar-refractivity contribution in [3.8, 4) is 11.1 Å². The second-order valence-electron chi connectivity index (χ2n) is 8.13. The molecule has 0 unspecified atom stereocenters. The van der Waals surface area contributed by atoms with Crippen LogP contribution in [0.1, 0.15) is 7.43 Å². The fraction of sp³-hybridized carbons (Fsp3) is 0.0323. The van der Waals surface area contributed by atoms with Crippen molar-refractivity contribution < 1.29 is 0 Å². The summed E-state index contributed by atoms with van der Waals surface area (Å²) < 4.78 is 2.72. The third-order valence-corrected chi connectivity index (χ3v) is 7.68. The number of thiophene rings is 1. The molecule has 0 radical (unpaired) electrons. The van der Waals surface area contributed by atoms with Crippen molar-refractivity contribution in [2.24, 2.45) is 0 Å². The minimum absolute atomic E-state index is 0. The van der Waals surface area contributed by atoms with Crippen LogP contribution >= 0.6 is 11.3 Å². The van der Waals surface area contributed by atoms with Gasteiger partial charge in [0.05, 0.1) is 0 Å². The van der Waals surface area contributed by atoms with E-state index < -0.39 is 0 Å². The van der Waals surface area contributed by atoms with Crippen molar-refractivity contribution >= 4 is 63.8 Å². The van der Waals surface area contributed by atoms with E-state index in [1.807, 2.05) is 11.3 Å². The summed E-state index contributed by atoms with van der Waals surface area (Å²) in [7, 11) is 0. The van der Waals surface area contributed by atoms with Gasteiger partial charge in [-0.2, -0.15) is 0 Å². The van der Waals surface area contributed by atoms with E-state index in [0.29, 0.717) is 0 Å². The first-order valence-electron chi connectivity index (χ1n) is 10.6. The molecular weight excluding hydrogens is 404 g/mol. The fourth-order valence-corrected chi connectivity index (χ4v) is 6.29. The van der Waals surface area contributed by atoms with Crippen LogP contribution in [-0.4, -0.2) is 0 Å². The molecule has 152 valence electrons. The second kappa shape index (κ2) is 7.19. The molecule has 1 aromatic heterocycles. The van der Waals surface area contributed by atoms with Crippen molar-refractivity contribution in [3.63, 3.8) is 0 Å². The summed E-state index contributed by atoms with van der Waals surface area (Å²) in [6.45, 7) is 0. The molecule has 0 amide bonds. The third kappa shape index (κ3) is 2.62. The van der Waals surface area contributed by atoms with E-state index in [1.54, 1.807) is 0 Å². The smallest absolute Gasteiger partial charge is 0.0433 e. The largest absolute Gasteiger partial charge is 0.135 e. The maximum absolute atomic E-state index is 2.39. The van der Waals surface area contributed by atoms with E-state index >= 15 is 0 Å². The molecule has 0 spiro atoms. The first kappa shape index (κ1) is 19.0. The Bertz CT molecular complexity index is 1750. The van der Waals surface area contributed by atoms with Crippen LogP contribution in [-0.2, 0) is 0 Å². The van der Waals surface area contributed by atoms with Gasteiger partial charge in [0, 0.05) is 20.2 Å². The topological polar surface area (TPSA) is 0 Å². The normalized spacial score (nSPS) is 11.5. The summed E-state index contributed by atoms with van der Waals surface area (Å²) in [5.74, 6) is 0. The minimum Gasteiger partial charge on any atom is -0.135 e. The summed E-state index contributed by atoms with van der Waals surface area (Å²) >= 11 is 1.89. The number of fused-ring (bicyclic) bond motifs is 9. The molecule has 6 aromatic carbocycles. The number of rotatable bonds is 1. The highest BCUT2D eigenvalue weighted by molar-refractivity contribution is 7.26. The zero-order valence-corrected chi connectivity index (χ0v) is 17.6. The van der Waals surface area contributed by atoms with Gasteiger partial charge < -0.3 is 0 Å². The van der Waals surface area contributed by atoms with E-state index in [4.69, 9.17) is 0 Å². The maximum Gasteiger partial charge on any atom is 0.0433 e. The maximum atomic E-state index is 2.39. The number of hydrogen-bond donors (Lipinski definition) is 0. The highest BCUT2D eigenvalue weighted by Gasteiger charge is 2.13. The lowest BCUT2D eigenvalue weighted by molar-refractivity contribution is 1.73. The van der Waals surface area contributed by atoms with Gasteiger partial charge in [0.2, 0.25) is 0 Å². The van der Waals surface area contributed by atoms with Crippen molar-refractivity contribution in [2.75, 3.05) is 0 Å². The van der Waals surface area contributed by atoms with Gasteiger partial charge in [-0.25, -0.2) is 0 Å². The predicted molar refractivity (Wildman–Crippen MR) is 144 cm³/mol. The van der Waals surface area contributed by atoms with Crippen LogP contribution in [0, 0.1) is 0 Å². The number of benzene rings is 6. The lowest BCUT2D eigenvalue weighted by Gasteiger charge is -2.12. The number of hydrogen-bond acceptors (Lipinski definition) is 1. The molecule has 0 saturated carbocycles. The van der Waals surface area contributed by atoms with Gasteiger partial charge >= 0.3 is 0 Å². The van der Waals surface area contributed by atoms with E-state index in [-0.39, 0.29) is 7.43 Å². The highest BCUT2D eigenvalue weighted by atomic mass is 32.1. The molecule has 0 bridgehead atoms. The van der Waals surface area contributed by atoms with E-state index in [9.17, 15) is 0 Å². The first-order valence-corrected chi connectivity index (χ1v) is 11.4. The molecule has 0 N–H and O–H groups in total. The Labute approximate surface area is 191 Å². The molecule has 0 atom stereocenters. The molecule has 32 heavy (non-hydrogen) atoms.